The number of amides is 5. The summed E-state index contributed by atoms with van der Waals surface area (Å²) in [5, 5.41) is 13.2. The number of likely N-dealkylation sites (tertiary alicyclic amines) is 1. The lowest BCUT2D eigenvalue weighted by Crippen LogP contribution is -2.53. The Morgan fingerprint density at radius 2 is 1.65 bits per heavy atom. The van der Waals surface area contributed by atoms with E-state index in [0.717, 1.165) is 17.7 Å². The highest BCUT2D eigenvalue weighted by atomic mass is 35.5. The van der Waals surface area contributed by atoms with Crippen LogP contribution in [0.4, 0.5) is 14.9 Å². The average molecular weight is 750 g/mol. The maximum Gasteiger partial charge on any atom is 0.423 e. The molecule has 13 heteroatoms. The molecule has 2 saturated heterocycles. The molecule has 8 rings (SSSR count). The quantitative estimate of drug-likeness (QED) is 0.160. The van der Waals surface area contributed by atoms with Gasteiger partial charge in [0.15, 0.2) is 0 Å². The van der Waals surface area contributed by atoms with Crippen LogP contribution in [0.25, 0.3) is 0 Å². The SMILES string of the molecule is COC(=O)N1C(=O)C2CC=C3C(CC4C(=O)N(Nc5ccc(F)cc5)C(=O)C4(c4ccc(Cl)cc4)C3c3ccc(OCc4ccccc4)cc3O)C2C1=O. The second-order valence-electron chi connectivity index (χ2n) is 13.9. The third-order valence-corrected chi connectivity index (χ3v) is 11.4. The molecular weight excluding hydrogens is 717 g/mol. The van der Waals surface area contributed by atoms with E-state index in [1.165, 1.54) is 30.3 Å². The van der Waals surface area contributed by atoms with Crippen LogP contribution in [0.3, 0.4) is 0 Å². The van der Waals surface area contributed by atoms with Gasteiger partial charge in [0, 0.05) is 22.6 Å². The van der Waals surface area contributed by atoms with Crippen molar-refractivity contribution in [1.82, 2.24) is 9.91 Å². The molecular formula is C41H33ClFN3O8. The molecule has 6 atom stereocenters. The number of phenols is 1. The van der Waals surface area contributed by atoms with Gasteiger partial charge in [-0.3, -0.25) is 24.6 Å². The Bertz CT molecular complexity index is 2230. The van der Waals surface area contributed by atoms with Gasteiger partial charge in [0.05, 0.1) is 36.0 Å². The third kappa shape index (κ3) is 5.43. The van der Waals surface area contributed by atoms with Gasteiger partial charge < -0.3 is 14.6 Å². The number of nitrogens with zero attached hydrogens (tertiary/aromatic N) is 2. The first-order chi connectivity index (χ1) is 26.0. The zero-order valence-corrected chi connectivity index (χ0v) is 29.5. The molecule has 274 valence electrons. The number of halogens is 2. The summed E-state index contributed by atoms with van der Waals surface area (Å²) >= 11 is 6.35. The Morgan fingerprint density at radius 1 is 0.926 bits per heavy atom. The Hall–Kier alpha value is -6.01. The number of aromatic hydroxyl groups is 1. The number of methoxy groups -OCH3 is 1. The van der Waals surface area contributed by atoms with Crippen LogP contribution in [0.1, 0.15) is 35.4 Å². The highest BCUT2D eigenvalue weighted by molar-refractivity contribution is 6.30. The Balaban J connectivity index is 1.30. The molecule has 1 saturated carbocycles. The summed E-state index contributed by atoms with van der Waals surface area (Å²) in [5.41, 5.74) is 3.62. The van der Waals surface area contributed by atoms with Crippen LogP contribution in [0.15, 0.2) is 109 Å². The van der Waals surface area contributed by atoms with E-state index in [0.29, 0.717) is 26.8 Å². The average Bonchev–Trinajstić information content (AvgIpc) is 3.56. The van der Waals surface area contributed by atoms with Crippen molar-refractivity contribution in [3.05, 3.63) is 136 Å². The number of carbonyl (C=O) groups is 5. The van der Waals surface area contributed by atoms with Crippen LogP contribution >= 0.6 is 11.6 Å². The Morgan fingerprint density at radius 3 is 2.33 bits per heavy atom. The molecule has 5 amide bonds. The van der Waals surface area contributed by atoms with Crippen molar-refractivity contribution < 1.29 is 42.9 Å². The van der Waals surface area contributed by atoms with E-state index in [-0.39, 0.29) is 36.4 Å². The number of phenolic OH excluding ortho intramolecular Hbond substituents is 1. The molecule has 6 unspecified atom stereocenters. The minimum atomic E-state index is -1.71. The number of fused-ring (bicyclic) bond motifs is 4. The minimum absolute atomic E-state index is 0.0502. The topological polar surface area (TPSA) is 143 Å². The Kier molecular flexibility index (Phi) is 8.72. The van der Waals surface area contributed by atoms with Crippen LogP contribution in [-0.2, 0) is 35.9 Å². The molecule has 0 radical (unpaired) electrons. The van der Waals surface area contributed by atoms with E-state index in [1.54, 1.807) is 42.5 Å². The minimum Gasteiger partial charge on any atom is -0.508 e. The number of allylic oxidation sites excluding steroid dienone is 2. The van der Waals surface area contributed by atoms with E-state index in [9.17, 15) is 28.7 Å². The number of hydrazine groups is 1. The van der Waals surface area contributed by atoms with Crippen LogP contribution in [0.2, 0.25) is 5.02 Å². The molecule has 2 N–H and O–H groups in total. The number of ether oxygens (including phenoxy) is 2. The van der Waals surface area contributed by atoms with Crippen LogP contribution < -0.4 is 10.2 Å². The molecule has 2 aliphatic carbocycles. The van der Waals surface area contributed by atoms with Crippen molar-refractivity contribution in [3.8, 4) is 11.5 Å². The van der Waals surface area contributed by atoms with Gasteiger partial charge in [-0.1, -0.05) is 71.8 Å². The smallest absolute Gasteiger partial charge is 0.423 e. The first kappa shape index (κ1) is 35.0. The van der Waals surface area contributed by atoms with Gasteiger partial charge in [0.25, 0.3) is 11.8 Å². The van der Waals surface area contributed by atoms with Gasteiger partial charge >= 0.3 is 6.09 Å². The van der Waals surface area contributed by atoms with Crippen molar-refractivity contribution in [3.63, 3.8) is 0 Å². The number of carbonyl (C=O) groups excluding carboxylic acids is 5. The molecule has 0 aromatic heterocycles. The normalized spacial score (nSPS) is 25.8. The molecule has 3 fully saturated rings. The summed E-state index contributed by atoms with van der Waals surface area (Å²) in [5.74, 6) is -8.06. The molecule has 0 spiro atoms. The van der Waals surface area contributed by atoms with Crippen molar-refractivity contribution in [1.29, 1.82) is 0 Å². The van der Waals surface area contributed by atoms with Crippen molar-refractivity contribution >= 4 is 47.0 Å². The summed E-state index contributed by atoms with van der Waals surface area (Å²) in [6, 6.07) is 25.9. The van der Waals surface area contributed by atoms with Crippen molar-refractivity contribution in [2.75, 3.05) is 12.5 Å². The summed E-state index contributed by atoms with van der Waals surface area (Å²) < 4.78 is 24.7. The van der Waals surface area contributed by atoms with E-state index >= 15 is 4.79 Å². The lowest BCUT2D eigenvalue weighted by molar-refractivity contribution is -0.140. The van der Waals surface area contributed by atoms with E-state index in [4.69, 9.17) is 21.1 Å². The maximum absolute atomic E-state index is 15.3. The van der Waals surface area contributed by atoms with Gasteiger partial charge in [-0.25, -0.2) is 9.18 Å². The lowest BCUT2D eigenvalue weighted by atomic mass is 9.49. The second kappa shape index (κ2) is 13.4. The van der Waals surface area contributed by atoms with Gasteiger partial charge in [-0.2, -0.15) is 9.91 Å². The van der Waals surface area contributed by atoms with E-state index < -0.39 is 70.5 Å². The van der Waals surface area contributed by atoms with Gasteiger partial charge in [-0.15, -0.1) is 0 Å². The molecule has 4 aliphatic rings. The molecule has 4 aromatic carbocycles. The number of benzene rings is 4. The van der Waals surface area contributed by atoms with Gasteiger partial charge in [0.1, 0.15) is 23.9 Å². The molecule has 2 aliphatic heterocycles. The standard InChI is InChI=1S/C41H33ClFN3O8/c1-53-40(52)45-36(48)30-18-17-28-31(34(30)38(45)50)20-32-37(49)46(44-26-13-11-25(43)12-14-26)39(51)41(32,23-7-9-24(42)10-8-23)35(28)29-16-15-27(19-33(29)47)54-21-22-5-3-2-4-6-22/h2-17,19,30-32,34-35,44,47H,18,20-21H2,1H3. The summed E-state index contributed by atoms with van der Waals surface area (Å²) in [4.78, 5) is 70.7. The zero-order valence-electron chi connectivity index (χ0n) is 28.8. The number of hydrogen-bond donors (Lipinski definition) is 2. The highest BCUT2D eigenvalue weighted by Crippen LogP contribution is 2.65. The van der Waals surface area contributed by atoms with Crippen LogP contribution in [0.5, 0.6) is 11.5 Å². The molecule has 4 aromatic rings. The molecule has 54 heavy (non-hydrogen) atoms. The Labute approximate surface area is 313 Å². The molecule has 11 nitrogen and oxygen atoms in total. The van der Waals surface area contributed by atoms with Gasteiger partial charge in [0.2, 0.25) is 11.8 Å². The van der Waals surface area contributed by atoms with Crippen molar-refractivity contribution in [2.45, 2.75) is 30.8 Å². The number of rotatable bonds is 7. The summed E-state index contributed by atoms with van der Waals surface area (Å²) in [6.07, 6.45) is 0.703. The largest absolute Gasteiger partial charge is 0.508 e. The predicted octanol–water partition coefficient (Wildman–Crippen LogP) is 6.52. The summed E-state index contributed by atoms with van der Waals surface area (Å²) in [6.45, 7) is 0.222. The predicted molar refractivity (Wildman–Crippen MR) is 192 cm³/mol. The van der Waals surface area contributed by atoms with E-state index in [1.807, 2.05) is 30.3 Å². The second-order valence-corrected chi connectivity index (χ2v) is 14.3. The zero-order chi connectivity index (χ0) is 37.9. The van der Waals surface area contributed by atoms with Crippen LogP contribution in [-0.4, -0.2) is 51.8 Å². The number of anilines is 1. The van der Waals surface area contributed by atoms with Gasteiger partial charge in [-0.05, 0) is 72.4 Å². The summed E-state index contributed by atoms with van der Waals surface area (Å²) in [7, 11) is 1.08. The number of nitrogens with one attached hydrogen (secondary N) is 1. The lowest BCUT2D eigenvalue weighted by Gasteiger charge is -2.50. The molecule has 0 bridgehead atoms. The fraction of sp³-hybridized carbons (Fsp3) is 0.244. The monoisotopic (exact) mass is 749 g/mol. The fourth-order valence-electron chi connectivity index (χ4n) is 8.87. The highest BCUT2D eigenvalue weighted by Gasteiger charge is 2.71. The maximum atomic E-state index is 15.3. The number of imide groups is 4. The van der Waals surface area contributed by atoms with Crippen LogP contribution in [0, 0.1) is 29.5 Å². The third-order valence-electron chi connectivity index (χ3n) is 11.2. The fourth-order valence-corrected chi connectivity index (χ4v) is 9.00. The number of hydrogen-bond acceptors (Lipinski definition) is 9. The first-order valence-corrected chi connectivity index (χ1v) is 17.7. The first-order valence-electron chi connectivity index (χ1n) is 17.4. The van der Waals surface area contributed by atoms with Crippen molar-refractivity contribution in [2.24, 2.45) is 23.7 Å². The molecule has 2 heterocycles. The van der Waals surface area contributed by atoms with E-state index in [2.05, 4.69) is 5.43 Å².